The zero-order valence-corrected chi connectivity index (χ0v) is 20.0. The van der Waals surface area contributed by atoms with Gasteiger partial charge in [-0.1, -0.05) is 18.2 Å². The second kappa shape index (κ2) is 10.9. The van der Waals surface area contributed by atoms with Gasteiger partial charge in [-0.25, -0.2) is 8.42 Å². The van der Waals surface area contributed by atoms with E-state index in [9.17, 15) is 18.0 Å². The van der Waals surface area contributed by atoms with Gasteiger partial charge in [0.15, 0.2) is 11.5 Å². The molecule has 2 aromatic rings. The van der Waals surface area contributed by atoms with Crippen LogP contribution in [0.15, 0.2) is 47.4 Å². The highest BCUT2D eigenvalue weighted by Gasteiger charge is 2.37. The average Bonchev–Trinajstić information content (AvgIpc) is 3.37. The largest absolute Gasteiger partial charge is 0.496 e. The SMILES string of the molecule is COc1ccccc1CCNC(=O)C(=O)NC[C@@H]1OCCN1S(=O)(=O)c1ccc2c(c1)OCCO2. The third-order valence-corrected chi connectivity index (χ3v) is 7.46. The summed E-state index contributed by atoms with van der Waals surface area (Å²) in [4.78, 5) is 24.5. The predicted molar refractivity (Wildman–Crippen MR) is 124 cm³/mol. The van der Waals surface area contributed by atoms with Crippen molar-refractivity contribution in [1.29, 1.82) is 0 Å². The van der Waals surface area contributed by atoms with Gasteiger partial charge >= 0.3 is 11.8 Å². The van der Waals surface area contributed by atoms with E-state index in [-0.39, 0.29) is 31.1 Å². The number of para-hydroxylation sites is 1. The molecule has 1 atom stereocenters. The van der Waals surface area contributed by atoms with Crippen LogP contribution in [0, 0.1) is 0 Å². The van der Waals surface area contributed by atoms with E-state index in [1.54, 1.807) is 13.2 Å². The number of methoxy groups -OCH3 is 1. The van der Waals surface area contributed by atoms with Crippen molar-refractivity contribution >= 4 is 21.8 Å². The number of carbonyl (C=O) groups excluding carboxylic acids is 2. The normalized spacial score (nSPS) is 17.6. The first kappa shape index (κ1) is 24.8. The summed E-state index contributed by atoms with van der Waals surface area (Å²) >= 11 is 0. The molecule has 0 aromatic heterocycles. The molecule has 2 aliphatic heterocycles. The molecule has 2 aromatic carbocycles. The highest BCUT2D eigenvalue weighted by atomic mass is 32.2. The van der Waals surface area contributed by atoms with Gasteiger partial charge in [0.25, 0.3) is 0 Å². The van der Waals surface area contributed by atoms with Crippen LogP contribution in [0.1, 0.15) is 5.56 Å². The quantitative estimate of drug-likeness (QED) is 0.489. The lowest BCUT2D eigenvalue weighted by Gasteiger charge is -2.24. The minimum Gasteiger partial charge on any atom is -0.496 e. The first-order chi connectivity index (χ1) is 16.9. The van der Waals surface area contributed by atoms with Gasteiger partial charge in [0.2, 0.25) is 10.0 Å². The van der Waals surface area contributed by atoms with E-state index in [1.807, 2.05) is 24.3 Å². The van der Waals surface area contributed by atoms with Gasteiger partial charge in [-0.05, 0) is 30.2 Å². The van der Waals surface area contributed by atoms with Crippen molar-refractivity contribution in [2.45, 2.75) is 17.5 Å². The second-order valence-electron chi connectivity index (χ2n) is 7.77. The van der Waals surface area contributed by atoms with Crippen molar-refractivity contribution in [3.05, 3.63) is 48.0 Å². The van der Waals surface area contributed by atoms with Gasteiger partial charge < -0.3 is 29.6 Å². The van der Waals surface area contributed by atoms with Gasteiger partial charge in [0.05, 0.1) is 25.2 Å². The number of ether oxygens (including phenoxy) is 4. The number of fused-ring (bicyclic) bond motifs is 1. The van der Waals surface area contributed by atoms with E-state index in [1.165, 1.54) is 12.1 Å². The molecule has 2 heterocycles. The molecule has 1 saturated heterocycles. The molecule has 188 valence electrons. The number of hydrogen-bond acceptors (Lipinski definition) is 8. The summed E-state index contributed by atoms with van der Waals surface area (Å²) in [5, 5.41) is 5.00. The minimum atomic E-state index is -3.93. The Hall–Kier alpha value is -3.35. The van der Waals surface area contributed by atoms with Gasteiger partial charge in [-0.15, -0.1) is 0 Å². The molecule has 0 aliphatic carbocycles. The predicted octanol–water partition coefficient (Wildman–Crippen LogP) is 0.289. The third kappa shape index (κ3) is 5.66. The molecule has 0 spiro atoms. The summed E-state index contributed by atoms with van der Waals surface area (Å²) in [7, 11) is -2.37. The highest BCUT2D eigenvalue weighted by molar-refractivity contribution is 7.89. The van der Waals surface area contributed by atoms with Crippen molar-refractivity contribution in [2.24, 2.45) is 0 Å². The molecule has 35 heavy (non-hydrogen) atoms. The Bertz CT molecular complexity index is 1190. The van der Waals surface area contributed by atoms with Crippen LogP contribution in [-0.2, 0) is 30.8 Å². The number of nitrogens with zero attached hydrogens (tertiary/aromatic N) is 1. The third-order valence-electron chi connectivity index (χ3n) is 5.58. The van der Waals surface area contributed by atoms with E-state index < -0.39 is 28.1 Å². The monoisotopic (exact) mass is 505 g/mol. The van der Waals surface area contributed by atoms with E-state index in [0.717, 1.165) is 9.87 Å². The molecule has 0 saturated carbocycles. The Labute approximate surface area is 203 Å². The number of amides is 2. The average molecular weight is 506 g/mol. The number of carbonyl (C=O) groups is 2. The molecule has 12 heteroatoms. The number of rotatable bonds is 8. The first-order valence-electron chi connectivity index (χ1n) is 11.1. The summed E-state index contributed by atoms with van der Waals surface area (Å²) in [5.74, 6) is -0.166. The van der Waals surface area contributed by atoms with Gasteiger partial charge in [-0.2, -0.15) is 4.31 Å². The summed E-state index contributed by atoms with van der Waals surface area (Å²) < 4.78 is 49.2. The molecular weight excluding hydrogens is 478 g/mol. The Morgan fingerprint density at radius 1 is 1.03 bits per heavy atom. The second-order valence-corrected chi connectivity index (χ2v) is 9.66. The molecule has 2 amide bonds. The molecule has 4 rings (SSSR count). The highest BCUT2D eigenvalue weighted by Crippen LogP contribution is 2.34. The first-order valence-corrected chi connectivity index (χ1v) is 12.5. The van der Waals surface area contributed by atoms with Crippen molar-refractivity contribution in [2.75, 3.05) is 46.6 Å². The number of hydrogen-bond donors (Lipinski definition) is 2. The van der Waals surface area contributed by atoms with Crippen LogP contribution in [0.4, 0.5) is 0 Å². The van der Waals surface area contributed by atoms with Crippen LogP contribution in [-0.4, -0.2) is 77.3 Å². The summed E-state index contributed by atoms with van der Waals surface area (Å²) in [5.41, 5.74) is 0.898. The number of nitrogens with one attached hydrogen (secondary N) is 2. The van der Waals surface area contributed by atoms with Crippen molar-refractivity contribution in [3.63, 3.8) is 0 Å². The van der Waals surface area contributed by atoms with Gasteiger partial charge in [0.1, 0.15) is 25.2 Å². The maximum Gasteiger partial charge on any atom is 0.309 e. The number of sulfonamides is 1. The molecule has 0 radical (unpaired) electrons. The Balaban J connectivity index is 1.31. The lowest BCUT2D eigenvalue weighted by atomic mass is 10.1. The smallest absolute Gasteiger partial charge is 0.309 e. The Morgan fingerprint density at radius 2 is 1.77 bits per heavy atom. The Morgan fingerprint density at radius 3 is 2.57 bits per heavy atom. The van der Waals surface area contributed by atoms with E-state index in [0.29, 0.717) is 36.9 Å². The lowest BCUT2D eigenvalue weighted by molar-refractivity contribution is -0.139. The van der Waals surface area contributed by atoms with E-state index in [4.69, 9.17) is 18.9 Å². The van der Waals surface area contributed by atoms with Crippen LogP contribution >= 0.6 is 0 Å². The van der Waals surface area contributed by atoms with Gasteiger partial charge in [-0.3, -0.25) is 9.59 Å². The molecule has 0 unspecified atom stereocenters. The standard InChI is InChI=1S/C23H27N3O8S/c1-31-18-5-3-2-4-16(18)8-9-24-22(27)23(28)25-15-21-26(10-11-34-21)35(29,30)17-6-7-19-20(14-17)33-13-12-32-19/h2-7,14,21H,8-13,15H2,1H3,(H,24,27)(H,25,28)/t21-/m0/s1. The summed E-state index contributed by atoms with van der Waals surface area (Å²) in [6, 6.07) is 11.8. The Kier molecular flexibility index (Phi) is 7.73. The van der Waals surface area contributed by atoms with Crippen molar-refractivity contribution < 1.29 is 37.0 Å². The molecular formula is C23H27N3O8S. The topological polar surface area (TPSA) is 132 Å². The zero-order valence-electron chi connectivity index (χ0n) is 19.2. The lowest BCUT2D eigenvalue weighted by Crippen LogP contribution is -2.47. The molecule has 1 fully saturated rings. The van der Waals surface area contributed by atoms with Crippen molar-refractivity contribution in [1.82, 2.24) is 14.9 Å². The number of benzene rings is 2. The van der Waals surface area contributed by atoms with Crippen LogP contribution in [0.3, 0.4) is 0 Å². The van der Waals surface area contributed by atoms with E-state index >= 15 is 0 Å². The van der Waals surface area contributed by atoms with Crippen molar-refractivity contribution in [3.8, 4) is 17.2 Å². The van der Waals surface area contributed by atoms with Crippen LogP contribution < -0.4 is 24.8 Å². The summed E-state index contributed by atoms with van der Waals surface area (Å²) in [6.07, 6.45) is -0.463. The molecule has 11 nitrogen and oxygen atoms in total. The van der Waals surface area contributed by atoms with Gasteiger partial charge in [0, 0.05) is 19.2 Å². The molecule has 0 bridgehead atoms. The van der Waals surface area contributed by atoms with E-state index in [2.05, 4.69) is 10.6 Å². The molecule has 2 aliphatic rings. The zero-order chi connectivity index (χ0) is 24.8. The van der Waals surface area contributed by atoms with Crippen LogP contribution in [0.5, 0.6) is 17.2 Å². The maximum absolute atomic E-state index is 13.2. The fourth-order valence-electron chi connectivity index (χ4n) is 3.82. The fraction of sp³-hybridized carbons (Fsp3) is 0.391. The van der Waals surface area contributed by atoms with Crippen LogP contribution in [0.25, 0.3) is 0 Å². The summed E-state index contributed by atoms with van der Waals surface area (Å²) in [6.45, 7) is 1.06. The maximum atomic E-state index is 13.2. The molecule has 2 N–H and O–H groups in total. The fourth-order valence-corrected chi connectivity index (χ4v) is 5.35. The van der Waals surface area contributed by atoms with Crippen LogP contribution in [0.2, 0.25) is 0 Å². The minimum absolute atomic E-state index is 0.0256.